The molecule has 0 saturated heterocycles. The molecule has 1 aliphatic heterocycles. The standard InChI is InChI=1S/C33H26N2Si/c1-25-24-32-31-23-22-30(26-14-6-2-7-15-26)34(31)36(28-18-10-4-11-19-28,29-20-12-5-13-21-29)35(32)33(25)27-16-8-3-9-17-27/h2-24H,1H3. The highest BCUT2D eigenvalue weighted by Crippen LogP contribution is 2.44. The molecule has 0 fully saturated rings. The second kappa shape index (κ2) is 8.11. The second-order valence-electron chi connectivity index (χ2n) is 9.47. The van der Waals surface area contributed by atoms with E-state index >= 15 is 0 Å². The van der Waals surface area contributed by atoms with Crippen LogP contribution < -0.4 is 10.4 Å². The van der Waals surface area contributed by atoms with Gasteiger partial charge >= 0.3 is 8.40 Å². The molecule has 2 aromatic heterocycles. The molecule has 0 saturated carbocycles. The van der Waals surface area contributed by atoms with Gasteiger partial charge in [0.25, 0.3) is 0 Å². The van der Waals surface area contributed by atoms with Gasteiger partial charge in [-0.15, -0.1) is 0 Å². The van der Waals surface area contributed by atoms with Gasteiger partial charge in [0.1, 0.15) is 0 Å². The Labute approximate surface area is 212 Å². The smallest absolute Gasteiger partial charge is 0.340 e. The molecule has 0 amide bonds. The SMILES string of the molecule is Cc1cc2n(c1-c1ccccc1)[Si](c1ccccc1)(c1ccccc1)n1c(-c3ccccc3)ccc1-2. The molecule has 0 N–H and O–H groups in total. The van der Waals surface area contributed by atoms with Crippen molar-refractivity contribution in [1.29, 1.82) is 0 Å². The zero-order chi connectivity index (χ0) is 24.1. The maximum atomic E-state index is 2.71. The van der Waals surface area contributed by atoms with E-state index in [4.69, 9.17) is 0 Å². The minimum atomic E-state index is -2.77. The topological polar surface area (TPSA) is 9.86 Å². The van der Waals surface area contributed by atoms with E-state index in [0.717, 1.165) is 0 Å². The first-order valence-electron chi connectivity index (χ1n) is 12.5. The third-order valence-corrected chi connectivity index (χ3v) is 12.0. The first-order chi connectivity index (χ1) is 17.8. The highest BCUT2D eigenvalue weighted by atomic mass is 28.3. The molecule has 6 aromatic rings. The number of benzene rings is 4. The third kappa shape index (κ3) is 2.84. The molecule has 2 nitrogen and oxygen atoms in total. The van der Waals surface area contributed by atoms with Crippen LogP contribution in [-0.2, 0) is 0 Å². The molecule has 36 heavy (non-hydrogen) atoms. The summed E-state index contributed by atoms with van der Waals surface area (Å²) in [5.41, 5.74) is 8.99. The molecule has 0 spiro atoms. The third-order valence-electron chi connectivity index (χ3n) is 7.45. The van der Waals surface area contributed by atoms with Crippen LogP contribution in [0.4, 0.5) is 0 Å². The average molecular weight is 479 g/mol. The second-order valence-corrected chi connectivity index (χ2v) is 12.9. The lowest BCUT2D eigenvalue weighted by Gasteiger charge is -2.35. The predicted molar refractivity (Wildman–Crippen MR) is 152 cm³/mol. The average Bonchev–Trinajstić information content (AvgIpc) is 3.60. The molecule has 1 aliphatic rings. The number of hydrogen-bond acceptors (Lipinski definition) is 0. The minimum Gasteiger partial charge on any atom is -0.341 e. The van der Waals surface area contributed by atoms with Gasteiger partial charge in [0, 0.05) is 11.4 Å². The molecule has 0 atom stereocenters. The molecule has 4 aromatic carbocycles. The highest BCUT2D eigenvalue weighted by Gasteiger charge is 2.52. The summed E-state index contributed by atoms with van der Waals surface area (Å²) in [4.78, 5) is 0. The van der Waals surface area contributed by atoms with Gasteiger partial charge < -0.3 is 8.47 Å². The molecule has 7 rings (SSSR count). The van der Waals surface area contributed by atoms with E-state index in [0.29, 0.717) is 0 Å². The van der Waals surface area contributed by atoms with Gasteiger partial charge in [0.05, 0.1) is 11.4 Å². The van der Waals surface area contributed by atoms with E-state index < -0.39 is 8.40 Å². The summed E-state index contributed by atoms with van der Waals surface area (Å²) in [5.74, 6) is 0. The van der Waals surface area contributed by atoms with Gasteiger partial charge in [-0.25, -0.2) is 0 Å². The zero-order valence-corrected chi connectivity index (χ0v) is 21.2. The van der Waals surface area contributed by atoms with Crippen molar-refractivity contribution in [3.8, 4) is 33.9 Å². The van der Waals surface area contributed by atoms with Crippen molar-refractivity contribution in [3.63, 3.8) is 0 Å². The first-order valence-corrected chi connectivity index (χ1v) is 14.4. The van der Waals surface area contributed by atoms with Crippen LogP contribution in [0, 0.1) is 6.92 Å². The molecule has 3 heterocycles. The summed E-state index contributed by atoms with van der Waals surface area (Å²) in [6.07, 6.45) is 0. The molecule has 172 valence electrons. The Hall–Kier alpha value is -4.34. The van der Waals surface area contributed by atoms with Crippen molar-refractivity contribution < 1.29 is 0 Å². The van der Waals surface area contributed by atoms with E-state index in [1.807, 2.05) is 0 Å². The van der Waals surface area contributed by atoms with Gasteiger partial charge in [-0.05, 0) is 52.2 Å². The van der Waals surface area contributed by atoms with Gasteiger partial charge in [0.15, 0.2) is 0 Å². The van der Waals surface area contributed by atoms with Gasteiger partial charge in [0.2, 0.25) is 0 Å². The van der Waals surface area contributed by atoms with E-state index in [2.05, 4.69) is 155 Å². The summed E-state index contributed by atoms with van der Waals surface area (Å²) < 4.78 is 5.40. The van der Waals surface area contributed by atoms with Crippen LogP contribution in [0.15, 0.2) is 140 Å². The summed E-state index contributed by atoms with van der Waals surface area (Å²) in [7, 11) is -2.77. The Morgan fingerprint density at radius 2 is 0.917 bits per heavy atom. The quantitative estimate of drug-likeness (QED) is 0.253. The molecular weight excluding hydrogens is 452 g/mol. The van der Waals surface area contributed by atoms with Crippen molar-refractivity contribution in [3.05, 3.63) is 145 Å². The Balaban J connectivity index is 1.68. The van der Waals surface area contributed by atoms with Crippen molar-refractivity contribution in [1.82, 2.24) is 8.47 Å². The fourth-order valence-corrected chi connectivity index (χ4v) is 11.2. The fraction of sp³-hybridized carbons (Fsp3) is 0.0303. The fourth-order valence-electron chi connectivity index (χ4n) is 6.06. The van der Waals surface area contributed by atoms with E-state index in [1.165, 1.54) is 49.8 Å². The summed E-state index contributed by atoms with van der Waals surface area (Å²) in [6.45, 7) is 2.26. The van der Waals surface area contributed by atoms with Crippen molar-refractivity contribution in [2.75, 3.05) is 0 Å². The maximum Gasteiger partial charge on any atom is 0.340 e. The molecule has 3 heteroatoms. The number of nitrogens with zero attached hydrogens (tertiary/aromatic N) is 2. The normalized spacial score (nSPS) is 13.4. The lowest BCUT2D eigenvalue weighted by atomic mass is 10.1. The summed E-state index contributed by atoms with van der Waals surface area (Å²) in [5, 5.41) is 2.75. The van der Waals surface area contributed by atoms with Crippen LogP contribution in [0.5, 0.6) is 0 Å². The van der Waals surface area contributed by atoms with Crippen molar-refractivity contribution in [2.45, 2.75) is 6.92 Å². The van der Waals surface area contributed by atoms with Crippen LogP contribution in [-0.4, -0.2) is 16.9 Å². The Morgan fingerprint density at radius 3 is 1.47 bits per heavy atom. The van der Waals surface area contributed by atoms with Crippen LogP contribution in [0.2, 0.25) is 0 Å². The maximum absolute atomic E-state index is 2.77. The Kier molecular flexibility index (Phi) is 4.73. The number of rotatable bonds is 4. The summed E-state index contributed by atoms with van der Waals surface area (Å²) >= 11 is 0. The van der Waals surface area contributed by atoms with Gasteiger partial charge in [-0.1, -0.05) is 121 Å². The largest absolute Gasteiger partial charge is 0.341 e. The molecule has 0 radical (unpaired) electrons. The minimum absolute atomic E-state index is 1.25. The van der Waals surface area contributed by atoms with E-state index in [-0.39, 0.29) is 0 Å². The van der Waals surface area contributed by atoms with Crippen LogP contribution >= 0.6 is 0 Å². The summed E-state index contributed by atoms with van der Waals surface area (Å²) in [6, 6.07) is 51.1. The van der Waals surface area contributed by atoms with Gasteiger partial charge in [-0.2, -0.15) is 0 Å². The van der Waals surface area contributed by atoms with E-state index in [1.54, 1.807) is 0 Å². The van der Waals surface area contributed by atoms with E-state index in [9.17, 15) is 0 Å². The van der Waals surface area contributed by atoms with Crippen LogP contribution in [0.25, 0.3) is 33.9 Å². The number of hydrogen-bond donors (Lipinski definition) is 0. The highest BCUT2D eigenvalue weighted by molar-refractivity contribution is 7.01. The molecular formula is C33H26N2Si. The predicted octanol–water partition coefficient (Wildman–Crippen LogP) is 6.57. The Bertz CT molecular complexity index is 1620. The molecule has 0 aliphatic carbocycles. The number of fused-ring (bicyclic) bond motifs is 3. The van der Waals surface area contributed by atoms with Gasteiger partial charge in [-0.3, -0.25) is 0 Å². The number of aromatic nitrogens is 2. The molecule has 0 unspecified atom stereocenters. The lowest BCUT2D eigenvalue weighted by molar-refractivity contribution is 1.14. The Morgan fingerprint density at radius 1 is 0.444 bits per heavy atom. The molecule has 0 bridgehead atoms. The van der Waals surface area contributed by atoms with Crippen LogP contribution in [0.1, 0.15) is 5.56 Å². The zero-order valence-electron chi connectivity index (χ0n) is 20.2. The first kappa shape index (κ1) is 21.0. The van der Waals surface area contributed by atoms with Crippen molar-refractivity contribution >= 4 is 18.8 Å². The monoisotopic (exact) mass is 478 g/mol. The lowest BCUT2D eigenvalue weighted by Crippen LogP contribution is -2.68. The number of aryl methyl sites for hydroxylation is 1. The van der Waals surface area contributed by atoms with Crippen LogP contribution in [0.3, 0.4) is 0 Å². The van der Waals surface area contributed by atoms with Crippen molar-refractivity contribution in [2.24, 2.45) is 0 Å².